The summed E-state index contributed by atoms with van der Waals surface area (Å²) in [7, 11) is 0. The van der Waals surface area contributed by atoms with Crippen molar-refractivity contribution in [2.75, 3.05) is 26.2 Å². The van der Waals surface area contributed by atoms with Crippen molar-refractivity contribution in [2.24, 2.45) is 0 Å². The van der Waals surface area contributed by atoms with Crippen molar-refractivity contribution in [1.82, 2.24) is 10.6 Å². The fraction of sp³-hybridized carbons (Fsp3) is 1.00. The van der Waals surface area contributed by atoms with E-state index in [2.05, 4.69) is 10.6 Å². The quantitative estimate of drug-likeness (QED) is 0.645. The van der Waals surface area contributed by atoms with Crippen LogP contribution in [-0.2, 0) is 0 Å². The van der Waals surface area contributed by atoms with E-state index in [0.29, 0.717) is 0 Å². The van der Waals surface area contributed by atoms with Crippen molar-refractivity contribution in [3.8, 4) is 0 Å². The van der Waals surface area contributed by atoms with Crippen molar-refractivity contribution >= 4 is 0 Å². The number of nitrogens with one attached hydrogen (secondary N) is 2. The molecule has 0 bridgehead atoms. The number of hydrogen-bond acceptors (Lipinski definition) is 2. The fourth-order valence-corrected chi connectivity index (χ4v) is 2.13. The van der Waals surface area contributed by atoms with E-state index in [-0.39, 0.29) is 0 Å². The van der Waals surface area contributed by atoms with Crippen LogP contribution >= 0.6 is 0 Å². The molecule has 0 aliphatic carbocycles. The lowest BCUT2D eigenvalue weighted by molar-refractivity contribution is 0.516. The van der Waals surface area contributed by atoms with Gasteiger partial charge in [0.25, 0.3) is 0 Å². The first-order valence-corrected chi connectivity index (χ1v) is 6.91. The third-order valence-corrected chi connectivity index (χ3v) is 3.16. The van der Waals surface area contributed by atoms with Gasteiger partial charge in [0.05, 0.1) is 0 Å². The lowest BCUT2D eigenvalue weighted by Crippen LogP contribution is -2.18. The van der Waals surface area contributed by atoms with Gasteiger partial charge in [0.2, 0.25) is 0 Å². The molecule has 0 amide bonds. The van der Waals surface area contributed by atoms with Crippen LogP contribution in [0.15, 0.2) is 0 Å². The monoisotopic (exact) mass is 212 g/mol. The fourth-order valence-electron chi connectivity index (χ4n) is 2.13. The maximum Gasteiger partial charge on any atom is -0.00489 e. The van der Waals surface area contributed by atoms with Crippen LogP contribution in [0.5, 0.6) is 0 Å². The Labute approximate surface area is 95.2 Å². The first-order chi connectivity index (χ1) is 7.50. The topological polar surface area (TPSA) is 24.1 Å². The summed E-state index contributed by atoms with van der Waals surface area (Å²) in [4.78, 5) is 0. The predicted octanol–water partition coefficient (Wildman–Crippen LogP) is 2.69. The molecule has 2 saturated heterocycles. The summed E-state index contributed by atoms with van der Waals surface area (Å²) in [5.41, 5.74) is 0. The zero-order chi connectivity index (χ0) is 10.6. The molecule has 0 atom stereocenters. The Morgan fingerprint density at radius 1 is 0.333 bits per heavy atom. The molecule has 0 aromatic heterocycles. The molecule has 0 spiro atoms. The Morgan fingerprint density at radius 2 is 0.600 bits per heavy atom. The molecule has 0 unspecified atom stereocenters. The summed E-state index contributed by atoms with van der Waals surface area (Å²) in [5.74, 6) is 0. The van der Waals surface area contributed by atoms with Gasteiger partial charge in [-0.25, -0.2) is 0 Å². The van der Waals surface area contributed by atoms with Gasteiger partial charge in [0.1, 0.15) is 0 Å². The first kappa shape index (κ1) is 13.0. The highest BCUT2D eigenvalue weighted by Crippen LogP contribution is 2.03. The van der Waals surface area contributed by atoms with Crippen LogP contribution in [-0.4, -0.2) is 26.2 Å². The molecule has 2 aliphatic heterocycles. The van der Waals surface area contributed by atoms with Crippen LogP contribution < -0.4 is 10.6 Å². The molecule has 0 aromatic rings. The van der Waals surface area contributed by atoms with E-state index >= 15 is 0 Å². The minimum Gasteiger partial charge on any atom is -0.317 e. The normalized spacial score (nSPS) is 24.0. The van der Waals surface area contributed by atoms with Crippen LogP contribution in [0.2, 0.25) is 0 Å². The molecular weight excluding hydrogens is 184 g/mol. The lowest BCUT2D eigenvalue weighted by Gasteiger charge is -2.08. The van der Waals surface area contributed by atoms with Crippen molar-refractivity contribution in [3.63, 3.8) is 0 Å². The van der Waals surface area contributed by atoms with E-state index in [1.165, 1.54) is 84.0 Å². The average molecular weight is 212 g/mol. The van der Waals surface area contributed by atoms with Crippen molar-refractivity contribution in [1.29, 1.82) is 0 Å². The van der Waals surface area contributed by atoms with E-state index in [1.807, 2.05) is 0 Å². The average Bonchev–Trinajstić information content (AvgIpc) is 2.48. The van der Waals surface area contributed by atoms with Crippen LogP contribution in [0.25, 0.3) is 0 Å². The summed E-state index contributed by atoms with van der Waals surface area (Å²) in [6, 6.07) is 0. The van der Waals surface area contributed by atoms with Crippen molar-refractivity contribution in [2.45, 2.75) is 57.8 Å². The van der Waals surface area contributed by atoms with Gasteiger partial charge in [-0.05, 0) is 51.9 Å². The molecule has 2 nitrogen and oxygen atoms in total. The molecule has 15 heavy (non-hydrogen) atoms. The Hall–Kier alpha value is -0.0800. The maximum absolute atomic E-state index is 3.39. The summed E-state index contributed by atoms with van der Waals surface area (Å²) in [5, 5.41) is 6.73. The molecular formula is C13H28N2. The van der Waals surface area contributed by atoms with Gasteiger partial charge in [-0.15, -0.1) is 0 Å². The molecule has 2 aliphatic rings. The van der Waals surface area contributed by atoms with Crippen LogP contribution in [0.4, 0.5) is 0 Å². The number of hydrogen-bond donors (Lipinski definition) is 2. The smallest absolute Gasteiger partial charge is 0.00489 e. The van der Waals surface area contributed by atoms with E-state index in [4.69, 9.17) is 0 Å². The summed E-state index contributed by atoms with van der Waals surface area (Å²) >= 11 is 0. The van der Waals surface area contributed by atoms with Crippen LogP contribution in [0, 0.1) is 0 Å². The maximum atomic E-state index is 3.39. The Kier molecular flexibility index (Phi) is 9.04. The molecule has 2 heterocycles. The van der Waals surface area contributed by atoms with Gasteiger partial charge in [-0.2, -0.15) is 0 Å². The van der Waals surface area contributed by atoms with Crippen molar-refractivity contribution < 1.29 is 0 Å². The minimum atomic E-state index is 1.25. The first-order valence-electron chi connectivity index (χ1n) is 6.91. The summed E-state index contributed by atoms with van der Waals surface area (Å²) in [6.45, 7) is 5.00. The largest absolute Gasteiger partial charge is 0.317 e. The zero-order valence-corrected chi connectivity index (χ0v) is 10.2. The molecule has 2 N–H and O–H groups in total. The van der Waals surface area contributed by atoms with Crippen LogP contribution in [0.3, 0.4) is 0 Å². The predicted molar refractivity (Wildman–Crippen MR) is 67.3 cm³/mol. The third-order valence-electron chi connectivity index (χ3n) is 3.16. The highest BCUT2D eigenvalue weighted by Gasteiger charge is 1.94. The van der Waals surface area contributed by atoms with E-state index in [9.17, 15) is 0 Å². The molecule has 2 rings (SSSR count). The minimum absolute atomic E-state index is 1.25. The van der Waals surface area contributed by atoms with Gasteiger partial charge < -0.3 is 10.6 Å². The van der Waals surface area contributed by atoms with Gasteiger partial charge >= 0.3 is 0 Å². The molecule has 0 saturated carbocycles. The van der Waals surface area contributed by atoms with Gasteiger partial charge in [-0.3, -0.25) is 0 Å². The highest BCUT2D eigenvalue weighted by atomic mass is 14.8. The van der Waals surface area contributed by atoms with Gasteiger partial charge in [0.15, 0.2) is 0 Å². The van der Waals surface area contributed by atoms with E-state index in [1.54, 1.807) is 0 Å². The Balaban J connectivity index is 0.000000151. The SMILES string of the molecule is C1CCCNCC1.C1CCCNCCC1. The van der Waals surface area contributed by atoms with E-state index in [0.717, 1.165) is 0 Å². The van der Waals surface area contributed by atoms with Gasteiger partial charge in [0, 0.05) is 0 Å². The Morgan fingerprint density at radius 3 is 0.933 bits per heavy atom. The Bertz CT molecular complexity index is 82.1. The van der Waals surface area contributed by atoms with E-state index < -0.39 is 0 Å². The second kappa shape index (κ2) is 10.4. The molecule has 0 radical (unpaired) electrons. The number of rotatable bonds is 0. The standard InChI is InChI=1S/C7H15N.C6H13N/c1-2-4-6-8-7-5-3-1;1-2-4-6-7-5-3-1/h8H,1-7H2;7H,1-6H2. The molecule has 2 heteroatoms. The lowest BCUT2D eigenvalue weighted by atomic mass is 10.1. The van der Waals surface area contributed by atoms with Crippen molar-refractivity contribution in [3.05, 3.63) is 0 Å². The van der Waals surface area contributed by atoms with Crippen LogP contribution in [0.1, 0.15) is 57.8 Å². The highest BCUT2D eigenvalue weighted by molar-refractivity contribution is 4.55. The molecule has 2 fully saturated rings. The van der Waals surface area contributed by atoms with Gasteiger partial charge in [-0.1, -0.05) is 32.1 Å². The third kappa shape index (κ3) is 8.88. The zero-order valence-electron chi connectivity index (χ0n) is 10.2. The second-order valence-electron chi connectivity index (χ2n) is 4.68. The molecule has 0 aromatic carbocycles. The second-order valence-corrected chi connectivity index (χ2v) is 4.68. The molecule has 90 valence electrons. The summed E-state index contributed by atoms with van der Waals surface area (Å²) < 4.78 is 0. The summed E-state index contributed by atoms with van der Waals surface area (Å²) in [6.07, 6.45) is 12.8.